The van der Waals surface area contributed by atoms with E-state index in [0.29, 0.717) is 29.3 Å². The van der Waals surface area contributed by atoms with Gasteiger partial charge >= 0.3 is 6.09 Å². The molecule has 0 spiro atoms. The van der Waals surface area contributed by atoms with E-state index in [4.69, 9.17) is 9.72 Å². The maximum Gasteiger partial charge on any atom is 0.415 e. The topological polar surface area (TPSA) is 109 Å². The Bertz CT molecular complexity index is 1780. The number of amides is 2. The second kappa shape index (κ2) is 10.5. The van der Waals surface area contributed by atoms with E-state index in [1.54, 1.807) is 19.3 Å². The molecule has 42 heavy (non-hydrogen) atoms. The Labute approximate surface area is 243 Å². The van der Waals surface area contributed by atoms with Gasteiger partial charge < -0.3 is 15.0 Å². The summed E-state index contributed by atoms with van der Waals surface area (Å²) in [6.07, 6.45) is 6.49. The van der Waals surface area contributed by atoms with Gasteiger partial charge in [0.05, 0.1) is 23.3 Å². The summed E-state index contributed by atoms with van der Waals surface area (Å²) in [5, 5.41) is 7.47. The molecular weight excluding hydrogens is 532 g/mol. The Kier molecular flexibility index (Phi) is 6.80. The highest BCUT2D eigenvalue weighted by Crippen LogP contribution is 2.31. The van der Waals surface area contributed by atoms with Gasteiger partial charge in [0.2, 0.25) is 0 Å². The van der Waals surface area contributed by atoms with Crippen molar-refractivity contribution in [1.82, 2.24) is 29.3 Å². The Morgan fingerprint density at radius 2 is 1.83 bits per heavy atom. The number of pyridine rings is 1. The fraction of sp³-hybridized carbons (Fsp3) is 0.323. The lowest BCUT2D eigenvalue weighted by atomic mass is 10.2. The first kappa shape index (κ1) is 27.3. The maximum atomic E-state index is 13.1. The van der Waals surface area contributed by atoms with E-state index in [0.717, 1.165) is 29.9 Å². The average molecular weight is 567 g/mol. The van der Waals surface area contributed by atoms with Crippen LogP contribution in [-0.4, -0.2) is 61.7 Å². The number of imidazole rings is 1. The molecule has 1 aliphatic carbocycles. The predicted octanol–water partition coefficient (Wildman–Crippen LogP) is 4.94. The summed E-state index contributed by atoms with van der Waals surface area (Å²) in [6.45, 7) is 6.15. The van der Waals surface area contributed by atoms with Crippen LogP contribution in [0.3, 0.4) is 0 Å². The summed E-state index contributed by atoms with van der Waals surface area (Å²) in [5.41, 5.74) is 4.18. The van der Waals surface area contributed by atoms with Crippen LogP contribution in [0.15, 0.2) is 67.1 Å². The fourth-order valence-electron chi connectivity index (χ4n) is 4.84. The molecule has 1 aliphatic rings. The standard InChI is InChI=1S/C31H34N8O3/c1-31(2,3)42-30(41)37(5)26-17-23(35-27-22(18-33-39(26)27)29(40)34-21-11-12-21)24-13-14-25(28-32-15-16-38(24)28)36(4)19-20-9-7-6-8-10-20/h6-10,13-18,21H,11-12,19H2,1-5H3,(H,34,40). The number of fused-ring (bicyclic) bond motifs is 2. The summed E-state index contributed by atoms with van der Waals surface area (Å²) in [6, 6.07) is 16.2. The minimum atomic E-state index is -0.690. The Balaban J connectivity index is 1.46. The number of nitrogens with zero attached hydrogens (tertiary/aromatic N) is 7. The first-order valence-electron chi connectivity index (χ1n) is 14.0. The third-order valence-electron chi connectivity index (χ3n) is 7.09. The zero-order valence-corrected chi connectivity index (χ0v) is 24.4. The molecule has 4 aromatic heterocycles. The molecule has 2 amide bonds. The van der Waals surface area contributed by atoms with Crippen molar-refractivity contribution in [3.8, 4) is 11.4 Å². The van der Waals surface area contributed by atoms with E-state index >= 15 is 0 Å². The lowest BCUT2D eigenvalue weighted by molar-refractivity contribution is 0.0587. The number of carbonyl (C=O) groups is 2. The van der Waals surface area contributed by atoms with Crippen LogP contribution in [0, 0.1) is 0 Å². The van der Waals surface area contributed by atoms with Crippen molar-refractivity contribution in [1.29, 1.82) is 0 Å². The van der Waals surface area contributed by atoms with Crippen molar-refractivity contribution in [3.05, 3.63) is 78.2 Å². The minimum absolute atomic E-state index is 0.172. The zero-order chi connectivity index (χ0) is 29.6. The number of rotatable bonds is 7. The molecule has 0 bridgehead atoms. The van der Waals surface area contributed by atoms with Gasteiger partial charge in [0.25, 0.3) is 5.91 Å². The molecule has 11 nitrogen and oxygen atoms in total. The Morgan fingerprint density at radius 3 is 2.55 bits per heavy atom. The second-order valence-electron chi connectivity index (χ2n) is 11.6. The third-order valence-corrected chi connectivity index (χ3v) is 7.09. The van der Waals surface area contributed by atoms with Crippen LogP contribution >= 0.6 is 0 Å². The van der Waals surface area contributed by atoms with Gasteiger partial charge in [0.1, 0.15) is 17.0 Å². The van der Waals surface area contributed by atoms with Gasteiger partial charge in [-0.05, 0) is 51.3 Å². The average Bonchev–Trinajstić information content (AvgIpc) is 3.44. The number of benzene rings is 1. The van der Waals surface area contributed by atoms with Gasteiger partial charge in [0, 0.05) is 45.1 Å². The molecule has 6 rings (SSSR count). The van der Waals surface area contributed by atoms with Crippen molar-refractivity contribution >= 4 is 34.8 Å². The van der Waals surface area contributed by atoms with Crippen molar-refractivity contribution in [2.45, 2.75) is 51.8 Å². The number of hydrogen-bond acceptors (Lipinski definition) is 7. The molecule has 1 saturated carbocycles. The molecule has 5 aromatic rings. The van der Waals surface area contributed by atoms with Gasteiger partial charge in [-0.2, -0.15) is 9.61 Å². The smallest absolute Gasteiger partial charge is 0.415 e. The largest absolute Gasteiger partial charge is 0.443 e. The normalized spacial score (nSPS) is 13.4. The van der Waals surface area contributed by atoms with Crippen LogP contribution in [0.1, 0.15) is 49.5 Å². The van der Waals surface area contributed by atoms with E-state index in [1.165, 1.54) is 21.2 Å². The van der Waals surface area contributed by atoms with E-state index in [-0.39, 0.29) is 11.9 Å². The van der Waals surface area contributed by atoms with Gasteiger partial charge in [0.15, 0.2) is 11.3 Å². The first-order chi connectivity index (χ1) is 20.1. The van der Waals surface area contributed by atoms with E-state index in [2.05, 4.69) is 32.4 Å². The molecule has 1 aromatic carbocycles. The van der Waals surface area contributed by atoms with Gasteiger partial charge in [-0.1, -0.05) is 30.3 Å². The quantitative estimate of drug-likeness (QED) is 0.297. The molecular formula is C31H34N8O3. The predicted molar refractivity (Wildman–Crippen MR) is 161 cm³/mol. The Morgan fingerprint density at radius 1 is 1.07 bits per heavy atom. The van der Waals surface area contributed by atoms with Crippen molar-refractivity contribution < 1.29 is 14.3 Å². The van der Waals surface area contributed by atoms with Gasteiger partial charge in [-0.3, -0.25) is 14.1 Å². The van der Waals surface area contributed by atoms with E-state index in [1.807, 2.05) is 68.7 Å². The summed E-state index contributed by atoms with van der Waals surface area (Å²) in [4.78, 5) is 39.4. The van der Waals surface area contributed by atoms with Crippen molar-refractivity contribution in [2.24, 2.45) is 0 Å². The van der Waals surface area contributed by atoms with E-state index < -0.39 is 11.7 Å². The fourth-order valence-corrected chi connectivity index (χ4v) is 4.84. The Hall–Kier alpha value is -4.93. The highest BCUT2D eigenvalue weighted by atomic mass is 16.6. The number of anilines is 2. The molecule has 4 heterocycles. The molecule has 1 N–H and O–H groups in total. The SMILES string of the molecule is CN(Cc1ccccc1)c1ccc(-c2cc(N(C)C(=O)OC(C)(C)C)n3ncc(C(=O)NC4CC4)c3n2)n2ccnc12. The second-order valence-corrected chi connectivity index (χ2v) is 11.6. The number of nitrogens with one attached hydrogen (secondary N) is 1. The maximum absolute atomic E-state index is 13.1. The van der Waals surface area contributed by atoms with Crippen molar-refractivity contribution in [2.75, 3.05) is 23.9 Å². The van der Waals surface area contributed by atoms with Crippen molar-refractivity contribution in [3.63, 3.8) is 0 Å². The third kappa shape index (κ3) is 5.37. The molecule has 0 saturated heterocycles. The number of hydrogen-bond donors (Lipinski definition) is 1. The minimum Gasteiger partial charge on any atom is -0.443 e. The lowest BCUT2D eigenvalue weighted by Gasteiger charge is -2.25. The molecule has 11 heteroatoms. The van der Waals surface area contributed by atoms with Crippen LogP contribution in [0.2, 0.25) is 0 Å². The number of aromatic nitrogens is 5. The zero-order valence-electron chi connectivity index (χ0n) is 24.4. The highest BCUT2D eigenvalue weighted by Gasteiger charge is 2.28. The molecule has 216 valence electrons. The van der Waals surface area contributed by atoms with Crippen LogP contribution in [-0.2, 0) is 11.3 Å². The monoisotopic (exact) mass is 566 g/mol. The molecule has 0 radical (unpaired) electrons. The van der Waals surface area contributed by atoms with E-state index in [9.17, 15) is 9.59 Å². The highest BCUT2D eigenvalue weighted by molar-refractivity contribution is 6.01. The molecule has 1 fully saturated rings. The van der Waals surface area contributed by atoms with Crippen LogP contribution in [0.25, 0.3) is 22.7 Å². The lowest BCUT2D eigenvalue weighted by Crippen LogP contribution is -2.35. The van der Waals surface area contributed by atoms with Crippen LogP contribution < -0.4 is 15.1 Å². The molecule has 0 atom stereocenters. The summed E-state index contributed by atoms with van der Waals surface area (Å²) >= 11 is 0. The van der Waals surface area contributed by atoms with Gasteiger partial charge in [-0.15, -0.1) is 0 Å². The molecule has 0 aliphatic heterocycles. The number of ether oxygens (including phenoxy) is 1. The van der Waals surface area contributed by atoms with Gasteiger partial charge in [-0.25, -0.2) is 14.8 Å². The van der Waals surface area contributed by atoms with Crippen LogP contribution in [0.5, 0.6) is 0 Å². The number of carbonyl (C=O) groups excluding carboxylic acids is 2. The first-order valence-corrected chi connectivity index (χ1v) is 14.0. The summed E-state index contributed by atoms with van der Waals surface area (Å²) in [7, 11) is 3.65. The summed E-state index contributed by atoms with van der Waals surface area (Å²) < 4.78 is 9.11. The summed E-state index contributed by atoms with van der Waals surface area (Å²) in [5.74, 6) is 0.168. The molecule has 0 unspecified atom stereocenters. The van der Waals surface area contributed by atoms with Crippen LogP contribution in [0.4, 0.5) is 16.3 Å².